The number of hydrogen-bond donors (Lipinski definition) is 1. The molecule has 2 fully saturated rings. The molecule has 0 spiro atoms. The van der Waals surface area contributed by atoms with E-state index in [2.05, 4.69) is 72.4 Å². The summed E-state index contributed by atoms with van der Waals surface area (Å²) in [5.41, 5.74) is 5.63. The van der Waals surface area contributed by atoms with Gasteiger partial charge in [-0.2, -0.15) is 0 Å². The Kier molecular flexibility index (Phi) is 7.51. The lowest BCUT2D eigenvalue weighted by Crippen LogP contribution is -2.41. The van der Waals surface area contributed by atoms with Crippen LogP contribution >= 0.6 is 43.5 Å². The zero-order valence-corrected chi connectivity index (χ0v) is 22.8. The Morgan fingerprint density at radius 1 is 1.00 bits per heavy atom. The van der Waals surface area contributed by atoms with Crippen molar-refractivity contribution in [1.82, 2.24) is 10.2 Å². The number of piperidine rings is 2. The molecule has 2 aromatic rings. The van der Waals surface area contributed by atoms with Gasteiger partial charge in [0.15, 0.2) is 0 Å². The highest BCUT2D eigenvalue weighted by atomic mass is 79.9. The van der Waals surface area contributed by atoms with E-state index in [9.17, 15) is 4.79 Å². The summed E-state index contributed by atoms with van der Waals surface area (Å²) in [6.07, 6.45) is 7.10. The van der Waals surface area contributed by atoms with Crippen molar-refractivity contribution in [2.24, 2.45) is 11.8 Å². The monoisotopic (exact) mass is 592 g/mol. The number of carbonyl (C=O) groups is 1. The maximum Gasteiger partial charge on any atom is 0.222 e. The zero-order chi connectivity index (χ0) is 22.9. The molecule has 2 heterocycles. The van der Waals surface area contributed by atoms with E-state index >= 15 is 0 Å². The van der Waals surface area contributed by atoms with E-state index in [1.54, 1.807) is 0 Å². The fraction of sp³-hybridized carbons (Fsp3) is 0.519. The molecular weight excluding hydrogens is 564 g/mol. The van der Waals surface area contributed by atoms with Crippen molar-refractivity contribution in [3.8, 4) is 0 Å². The Hall–Kier alpha value is -0.880. The molecule has 1 aliphatic carbocycles. The van der Waals surface area contributed by atoms with E-state index < -0.39 is 0 Å². The number of fused-ring (bicyclic) bond motifs is 2. The van der Waals surface area contributed by atoms with E-state index in [0.717, 1.165) is 85.1 Å². The van der Waals surface area contributed by atoms with Crippen LogP contribution in [0.1, 0.15) is 60.3 Å². The number of benzene rings is 2. The molecule has 2 aromatic carbocycles. The first-order valence-electron chi connectivity index (χ1n) is 12.2. The number of rotatable bonds is 3. The minimum Gasteiger partial charge on any atom is -0.343 e. The third-order valence-electron chi connectivity index (χ3n) is 7.88. The summed E-state index contributed by atoms with van der Waals surface area (Å²) in [6, 6.07) is 11.0. The molecular formula is C27H31Br2ClN2O. The lowest BCUT2D eigenvalue weighted by atomic mass is 9.74. The number of amides is 1. The average molecular weight is 595 g/mol. The van der Waals surface area contributed by atoms with Gasteiger partial charge in [-0.25, -0.2) is 0 Å². The maximum absolute atomic E-state index is 13.0. The van der Waals surface area contributed by atoms with Crippen LogP contribution in [0.25, 0.3) is 0 Å². The van der Waals surface area contributed by atoms with Gasteiger partial charge in [0.25, 0.3) is 0 Å². The Morgan fingerprint density at radius 3 is 2.48 bits per heavy atom. The first kappa shape index (κ1) is 23.8. The van der Waals surface area contributed by atoms with Crippen LogP contribution in [0.5, 0.6) is 0 Å². The Morgan fingerprint density at radius 2 is 1.73 bits per heavy atom. The molecule has 0 radical (unpaired) electrons. The van der Waals surface area contributed by atoms with Crippen LogP contribution in [0.2, 0.25) is 5.02 Å². The minimum atomic E-state index is 0.332. The Labute approximate surface area is 218 Å². The van der Waals surface area contributed by atoms with Gasteiger partial charge in [0.2, 0.25) is 5.91 Å². The molecule has 0 bridgehead atoms. The molecule has 1 atom stereocenters. The molecule has 0 saturated carbocycles. The summed E-state index contributed by atoms with van der Waals surface area (Å²) in [7, 11) is 0. The number of nitrogens with one attached hydrogen (secondary N) is 1. The lowest BCUT2D eigenvalue weighted by Gasteiger charge is -2.38. The molecule has 1 amide bonds. The van der Waals surface area contributed by atoms with Gasteiger partial charge in [-0.05, 0) is 110 Å². The smallest absolute Gasteiger partial charge is 0.222 e. The van der Waals surface area contributed by atoms with Crippen molar-refractivity contribution >= 4 is 49.4 Å². The molecule has 6 heteroatoms. The summed E-state index contributed by atoms with van der Waals surface area (Å²) >= 11 is 14.0. The van der Waals surface area contributed by atoms with E-state index in [4.69, 9.17) is 11.6 Å². The molecule has 5 rings (SSSR count). The van der Waals surface area contributed by atoms with Crippen LogP contribution in [0.4, 0.5) is 0 Å². The summed E-state index contributed by atoms with van der Waals surface area (Å²) in [6.45, 7) is 3.85. The molecule has 1 unspecified atom stereocenters. The van der Waals surface area contributed by atoms with Crippen molar-refractivity contribution in [1.29, 1.82) is 0 Å². The van der Waals surface area contributed by atoms with Crippen molar-refractivity contribution in [2.45, 2.75) is 50.9 Å². The highest BCUT2D eigenvalue weighted by Crippen LogP contribution is 2.47. The minimum absolute atomic E-state index is 0.332. The number of likely N-dealkylation sites (tertiary alicyclic amines) is 1. The van der Waals surface area contributed by atoms with Gasteiger partial charge in [0, 0.05) is 39.4 Å². The zero-order valence-electron chi connectivity index (χ0n) is 18.9. The van der Waals surface area contributed by atoms with Gasteiger partial charge in [0.05, 0.1) is 0 Å². The standard InChI is InChI=1S/C27H31Br2ClN2O/c28-21-3-4-23-19(14-21)1-2-20-15-22(30)16-24(29)27(20)26(23)18-7-11-32(12-8-18)25(33)13-17-5-9-31-10-6-17/h3-4,14-18,26,31H,1-2,5-13H2. The SMILES string of the molecule is O=C(CC1CCNCC1)N1CCC(C2c3ccc(Br)cc3CCc3cc(Cl)cc(Br)c32)CC1. The Bertz CT molecular complexity index is 1030. The second-order valence-electron chi connectivity index (χ2n) is 9.90. The van der Waals surface area contributed by atoms with Crippen molar-refractivity contribution in [3.05, 3.63) is 66.6 Å². The van der Waals surface area contributed by atoms with E-state index in [-0.39, 0.29) is 0 Å². The van der Waals surface area contributed by atoms with Gasteiger partial charge in [-0.3, -0.25) is 4.79 Å². The molecule has 33 heavy (non-hydrogen) atoms. The fourth-order valence-corrected chi connectivity index (χ4v) is 7.67. The predicted molar refractivity (Wildman–Crippen MR) is 142 cm³/mol. The van der Waals surface area contributed by atoms with Crippen LogP contribution in [0, 0.1) is 11.8 Å². The highest BCUT2D eigenvalue weighted by molar-refractivity contribution is 9.10. The van der Waals surface area contributed by atoms with Gasteiger partial charge in [-0.1, -0.05) is 49.5 Å². The third kappa shape index (κ3) is 5.22. The van der Waals surface area contributed by atoms with Crippen molar-refractivity contribution in [2.75, 3.05) is 26.2 Å². The maximum atomic E-state index is 13.0. The lowest BCUT2D eigenvalue weighted by molar-refractivity contribution is -0.133. The van der Waals surface area contributed by atoms with Gasteiger partial charge < -0.3 is 10.2 Å². The van der Waals surface area contributed by atoms with Gasteiger partial charge >= 0.3 is 0 Å². The summed E-state index contributed by atoms with van der Waals surface area (Å²) in [5, 5.41) is 4.20. The van der Waals surface area contributed by atoms with Crippen LogP contribution < -0.4 is 5.32 Å². The van der Waals surface area contributed by atoms with Crippen LogP contribution in [-0.4, -0.2) is 37.0 Å². The van der Waals surface area contributed by atoms with Crippen LogP contribution in [-0.2, 0) is 17.6 Å². The van der Waals surface area contributed by atoms with E-state index in [1.807, 2.05) is 0 Å². The molecule has 3 nitrogen and oxygen atoms in total. The van der Waals surface area contributed by atoms with Gasteiger partial charge in [-0.15, -0.1) is 0 Å². The number of carbonyl (C=O) groups excluding carboxylic acids is 1. The largest absolute Gasteiger partial charge is 0.343 e. The molecule has 176 valence electrons. The highest BCUT2D eigenvalue weighted by Gasteiger charge is 2.35. The molecule has 1 N–H and O–H groups in total. The van der Waals surface area contributed by atoms with E-state index in [0.29, 0.717) is 23.7 Å². The first-order chi connectivity index (χ1) is 16.0. The average Bonchev–Trinajstić information content (AvgIpc) is 2.96. The summed E-state index contributed by atoms with van der Waals surface area (Å²) < 4.78 is 2.26. The number of nitrogens with zero attached hydrogens (tertiary/aromatic N) is 1. The summed E-state index contributed by atoms with van der Waals surface area (Å²) in [4.78, 5) is 15.1. The second kappa shape index (κ2) is 10.4. The van der Waals surface area contributed by atoms with Crippen molar-refractivity contribution in [3.63, 3.8) is 0 Å². The Balaban J connectivity index is 1.38. The summed E-state index contributed by atoms with van der Waals surface area (Å²) in [5.74, 6) is 1.76. The fourth-order valence-electron chi connectivity index (χ4n) is 6.15. The first-order valence-corrected chi connectivity index (χ1v) is 14.2. The molecule has 0 aromatic heterocycles. The number of hydrogen-bond acceptors (Lipinski definition) is 2. The number of aryl methyl sites for hydroxylation is 2. The third-order valence-corrected chi connectivity index (χ3v) is 9.25. The topological polar surface area (TPSA) is 32.3 Å². The normalized spacial score (nSPS) is 21.9. The van der Waals surface area contributed by atoms with Gasteiger partial charge in [0.1, 0.15) is 0 Å². The molecule has 2 saturated heterocycles. The predicted octanol–water partition coefficient (Wildman–Crippen LogP) is 6.72. The molecule has 3 aliphatic rings. The van der Waals surface area contributed by atoms with E-state index in [1.165, 1.54) is 22.3 Å². The second-order valence-corrected chi connectivity index (χ2v) is 12.1. The number of halogens is 3. The van der Waals surface area contributed by atoms with Crippen molar-refractivity contribution < 1.29 is 4.79 Å². The molecule has 2 aliphatic heterocycles. The van der Waals surface area contributed by atoms with Crippen LogP contribution in [0.3, 0.4) is 0 Å². The van der Waals surface area contributed by atoms with Crippen LogP contribution in [0.15, 0.2) is 39.3 Å². The quantitative estimate of drug-likeness (QED) is 0.428.